The van der Waals surface area contributed by atoms with E-state index in [9.17, 15) is 13.2 Å². The van der Waals surface area contributed by atoms with Crippen molar-refractivity contribution in [3.05, 3.63) is 29.8 Å². The molecule has 7 heteroatoms. The Balaban J connectivity index is 2.27. The summed E-state index contributed by atoms with van der Waals surface area (Å²) in [5, 5.41) is 8.38. The van der Waals surface area contributed by atoms with Gasteiger partial charge in [-0.3, -0.25) is 8.98 Å². The Labute approximate surface area is 118 Å². The van der Waals surface area contributed by atoms with Crippen LogP contribution in [0.3, 0.4) is 0 Å². The molecule has 112 valence electrons. The standard InChI is InChI=1S/C13H18O6S/c1-11-3-5-12(6-4-11)20(16,17)19-9-2-8-18-10-7-13(14)15/h3-6H,2,7-10H2,1H3,(H,14,15). The molecular weight excluding hydrogens is 284 g/mol. The third-order valence-corrected chi connectivity index (χ3v) is 3.77. The molecule has 0 radical (unpaired) electrons. The topological polar surface area (TPSA) is 89.9 Å². The average Bonchev–Trinajstić information content (AvgIpc) is 2.37. The number of carboxylic acid groups (broad SMARTS) is 1. The molecule has 0 saturated carbocycles. The Hall–Kier alpha value is -1.44. The Morgan fingerprint density at radius 2 is 1.80 bits per heavy atom. The molecule has 1 N–H and O–H groups in total. The van der Waals surface area contributed by atoms with E-state index in [1.807, 2.05) is 6.92 Å². The van der Waals surface area contributed by atoms with Crippen LogP contribution < -0.4 is 0 Å². The number of aliphatic carboxylic acids is 1. The molecule has 0 heterocycles. The fourth-order valence-electron chi connectivity index (χ4n) is 1.36. The number of carbonyl (C=O) groups is 1. The van der Waals surface area contributed by atoms with Gasteiger partial charge in [-0.2, -0.15) is 8.42 Å². The summed E-state index contributed by atoms with van der Waals surface area (Å²) in [7, 11) is -3.73. The summed E-state index contributed by atoms with van der Waals surface area (Å²) in [5.74, 6) is -0.928. The lowest BCUT2D eigenvalue weighted by Crippen LogP contribution is -2.10. The van der Waals surface area contributed by atoms with Crippen molar-refractivity contribution in [2.75, 3.05) is 19.8 Å². The van der Waals surface area contributed by atoms with E-state index in [4.69, 9.17) is 14.0 Å². The molecule has 20 heavy (non-hydrogen) atoms. The third-order valence-electron chi connectivity index (χ3n) is 2.44. The molecule has 6 nitrogen and oxygen atoms in total. The maximum absolute atomic E-state index is 11.8. The molecule has 0 aliphatic heterocycles. The van der Waals surface area contributed by atoms with Gasteiger partial charge in [0.2, 0.25) is 0 Å². The maximum Gasteiger partial charge on any atom is 0.305 e. The van der Waals surface area contributed by atoms with Gasteiger partial charge >= 0.3 is 5.97 Å². The van der Waals surface area contributed by atoms with Crippen molar-refractivity contribution in [1.29, 1.82) is 0 Å². The Kier molecular flexibility index (Phi) is 6.63. The highest BCUT2D eigenvalue weighted by Crippen LogP contribution is 2.13. The van der Waals surface area contributed by atoms with Crippen LogP contribution in [0.4, 0.5) is 0 Å². The Morgan fingerprint density at radius 3 is 2.40 bits per heavy atom. The predicted octanol–water partition coefficient (Wildman–Crippen LogP) is 1.58. The van der Waals surface area contributed by atoms with Crippen LogP contribution in [0.1, 0.15) is 18.4 Å². The van der Waals surface area contributed by atoms with Gasteiger partial charge in [0, 0.05) is 6.61 Å². The number of carboxylic acids is 1. The molecule has 1 aromatic carbocycles. The molecule has 0 amide bonds. The van der Waals surface area contributed by atoms with Gasteiger partial charge in [0.1, 0.15) is 0 Å². The van der Waals surface area contributed by atoms with Crippen molar-refractivity contribution in [3.8, 4) is 0 Å². The van der Waals surface area contributed by atoms with Crippen LogP contribution in [0.15, 0.2) is 29.2 Å². The van der Waals surface area contributed by atoms with Gasteiger partial charge in [-0.25, -0.2) is 0 Å². The SMILES string of the molecule is Cc1ccc(S(=O)(=O)OCCCOCCC(=O)O)cc1. The second kappa shape index (κ2) is 7.98. The molecular formula is C13H18O6S. The minimum Gasteiger partial charge on any atom is -0.481 e. The highest BCUT2D eigenvalue weighted by molar-refractivity contribution is 7.86. The molecule has 0 aliphatic carbocycles. The van der Waals surface area contributed by atoms with Gasteiger partial charge in [-0.15, -0.1) is 0 Å². The zero-order valence-electron chi connectivity index (χ0n) is 11.2. The first-order chi connectivity index (χ1) is 9.42. The van der Waals surface area contributed by atoms with E-state index < -0.39 is 16.1 Å². The second-order valence-electron chi connectivity index (χ2n) is 4.20. The molecule has 1 aromatic rings. The Bertz CT molecular complexity index is 520. The van der Waals surface area contributed by atoms with Crippen LogP contribution in [-0.2, 0) is 23.8 Å². The third kappa shape index (κ3) is 6.14. The summed E-state index contributed by atoms with van der Waals surface area (Å²) in [5.41, 5.74) is 0.968. The lowest BCUT2D eigenvalue weighted by Gasteiger charge is -2.06. The van der Waals surface area contributed by atoms with Crippen LogP contribution in [0, 0.1) is 6.92 Å². The monoisotopic (exact) mass is 302 g/mol. The lowest BCUT2D eigenvalue weighted by molar-refractivity contribution is -0.138. The first-order valence-electron chi connectivity index (χ1n) is 6.17. The average molecular weight is 302 g/mol. The van der Waals surface area contributed by atoms with E-state index >= 15 is 0 Å². The zero-order chi connectivity index (χ0) is 15.0. The Morgan fingerprint density at radius 1 is 1.15 bits per heavy atom. The predicted molar refractivity (Wildman–Crippen MR) is 72.0 cm³/mol. The highest BCUT2D eigenvalue weighted by Gasteiger charge is 2.14. The number of rotatable bonds is 9. The summed E-state index contributed by atoms with van der Waals surface area (Å²) in [4.78, 5) is 10.3. The van der Waals surface area contributed by atoms with Gasteiger partial charge in [0.05, 0.1) is 24.5 Å². The molecule has 0 fully saturated rings. The molecule has 1 rings (SSSR count). The van der Waals surface area contributed by atoms with Crippen molar-refractivity contribution in [3.63, 3.8) is 0 Å². The first kappa shape index (κ1) is 16.6. The van der Waals surface area contributed by atoms with Gasteiger partial charge < -0.3 is 9.84 Å². The molecule has 0 aliphatic rings. The van der Waals surface area contributed by atoms with Crippen LogP contribution in [-0.4, -0.2) is 39.3 Å². The molecule has 0 spiro atoms. The molecule has 0 atom stereocenters. The number of hydrogen-bond acceptors (Lipinski definition) is 5. The van der Waals surface area contributed by atoms with E-state index in [2.05, 4.69) is 0 Å². The fourth-order valence-corrected chi connectivity index (χ4v) is 2.31. The quantitative estimate of drug-likeness (QED) is 0.550. The van der Waals surface area contributed by atoms with Crippen LogP contribution in [0.2, 0.25) is 0 Å². The van der Waals surface area contributed by atoms with Gasteiger partial charge in [0.15, 0.2) is 0 Å². The van der Waals surface area contributed by atoms with Crippen LogP contribution in [0.5, 0.6) is 0 Å². The van der Waals surface area contributed by atoms with E-state index in [1.165, 1.54) is 12.1 Å². The summed E-state index contributed by atoms with van der Waals surface area (Å²) in [6.07, 6.45) is 0.313. The molecule has 0 saturated heterocycles. The number of benzene rings is 1. The van der Waals surface area contributed by atoms with E-state index in [-0.39, 0.29) is 31.1 Å². The summed E-state index contributed by atoms with van der Waals surface area (Å²) < 4.78 is 33.4. The van der Waals surface area contributed by atoms with Crippen molar-refractivity contribution < 1.29 is 27.2 Å². The molecule has 0 bridgehead atoms. The fraction of sp³-hybridized carbons (Fsp3) is 0.462. The summed E-state index contributed by atoms with van der Waals surface area (Å²) in [6, 6.07) is 6.39. The number of ether oxygens (including phenoxy) is 1. The highest BCUT2D eigenvalue weighted by atomic mass is 32.2. The van der Waals surface area contributed by atoms with Gasteiger partial charge in [0.25, 0.3) is 10.1 Å². The van der Waals surface area contributed by atoms with Crippen molar-refractivity contribution in [2.45, 2.75) is 24.7 Å². The normalized spacial score (nSPS) is 11.4. The van der Waals surface area contributed by atoms with Crippen LogP contribution in [0.25, 0.3) is 0 Å². The zero-order valence-corrected chi connectivity index (χ0v) is 12.1. The van der Waals surface area contributed by atoms with Crippen molar-refractivity contribution in [2.24, 2.45) is 0 Å². The second-order valence-corrected chi connectivity index (χ2v) is 5.81. The molecule has 0 aromatic heterocycles. The first-order valence-corrected chi connectivity index (χ1v) is 7.58. The summed E-state index contributed by atoms with van der Waals surface area (Å²) >= 11 is 0. The molecule has 0 unspecified atom stereocenters. The van der Waals surface area contributed by atoms with E-state index in [1.54, 1.807) is 12.1 Å². The van der Waals surface area contributed by atoms with E-state index in [0.717, 1.165) is 5.56 Å². The number of aryl methyl sites for hydroxylation is 1. The minimum atomic E-state index is -3.73. The van der Waals surface area contributed by atoms with Crippen molar-refractivity contribution >= 4 is 16.1 Å². The van der Waals surface area contributed by atoms with Gasteiger partial charge in [-0.05, 0) is 25.5 Å². The minimum absolute atomic E-state index is 0.00326. The smallest absolute Gasteiger partial charge is 0.305 e. The largest absolute Gasteiger partial charge is 0.481 e. The number of hydrogen-bond donors (Lipinski definition) is 1. The van der Waals surface area contributed by atoms with Gasteiger partial charge in [-0.1, -0.05) is 17.7 Å². The van der Waals surface area contributed by atoms with Crippen molar-refractivity contribution in [1.82, 2.24) is 0 Å². The lowest BCUT2D eigenvalue weighted by atomic mass is 10.2. The summed E-state index contributed by atoms with van der Waals surface area (Å²) in [6.45, 7) is 2.24. The van der Waals surface area contributed by atoms with Crippen LogP contribution >= 0.6 is 0 Å². The maximum atomic E-state index is 11.8. The van der Waals surface area contributed by atoms with E-state index in [0.29, 0.717) is 6.42 Å².